The fourth-order valence-electron chi connectivity index (χ4n) is 18.0. The molecular formula is C90H172O18. The maximum atomic E-state index is 12.8. The molecule has 13 fully saturated rings. The van der Waals surface area contributed by atoms with E-state index in [0.717, 1.165) is 108 Å². The maximum absolute atomic E-state index is 12.8. The maximum Gasteiger partial charge on any atom is 0.508 e. The Morgan fingerprint density at radius 1 is 0.472 bits per heavy atom. The number of hydrogen-bond acceptors (Lipinski definition) is 18. The molecule has 0 aromatic rings. The van der Waals surface area contributed by atoms with Crippen LogP contribution in [0.25, 0.3) is 0 Å². The van der Waals surface area contributed by atoms with Crippen LogP contribution in [0.1, 0.15) is 380 Å². The second-order valence-electron chi connectivity index (χ2n) is 35.9. The molecule has 0 spiro atoms. The van der Waals surface area contributed by atoms with Gasteiger partial charge in [0.15, 0.2) is 6.10 Å². The third kappa shape index (κ3) is 25.4. The first kappa shape index (κ1) is 110. The van der Waals surface area contributed by atoms with Crippen LogP contribution in [0, 0.1) is 92.2 Å². The molecule has 18 heteroatoms. The van der Waals surface area contributed by atoms with Gasteiger partial charge in [0, 0.05) is 18.3 Å². The molecule has 8 unspecified atom stereocenters. The van der Waals surface area contributed by atoms with Crippen molar-refractivity contribution in [2.45, 2.75) is 420 Å². The predicted octanol–water partition coefficient (Wildman–Crippen LogP) is 24.3. The first-order valence-corrected chi connectivity index (χ1v) is 38.7. The number of esters is 6. The molecular weight excluding hydrogens is 1370 g/mol. The van der Waals surface area contributed by atoms with E-state index < -0.39 is 40.4 Å². The molecule has 0 radical (unpaired) electrons. The Morgan fingerprint density at radius 2 is 0.907 bits per heavy atom. The van der Waals surface area contributed by atoms with Gasteiger partial charge in [0.1, 0.15) is 47.8 Å². The summed E-state index contributed by atoms with van der Waals surface area (Å²) in [7, 11) is 0. The van der Waals surface area contributed by atoms with Crippen LogP contribution < -0.4 is 0 Å². The molecule has 11 saturated carbocycles. The molecule has 10 bridgehead atoms. The Morgan fingerprint density at radius 3 is 1.34 bits per heavy atom. The normalized spacial score (nSPS) is 29.5. The summed E-state index contributed by atoms with van der Waals surface area (Å²) < 4.78 is 55.2. The Balaban J connectivity index is -0.000000626. The number of hydrogen-bond donors (Lipinski definition) is 0. The van der Waals surface area contributed by atoms with E-state index in [1.54, 1.807) is 0 Å². The zero-order valence-corrected chi connectivity index (χ0v) is 64.4. The summed E-state index contributed by atoms with van der Waals surface area (Å²) in [6, 6.07) is 0. The minimum Gasteiger partial charge on any atom is -0.465 e. The summed E-state index contributed by atoms with van der Waals surface area (Å²) in [6.45, 7) is 41.1. The Bertz CT molecular complexity index is 2710. The van der Waals surface area contributed by atoms with Gasteiger partial charge in [-0.25, -0.2) is 9.59 Å². The van der Waals surface area contributed by atoms with Crippen LogP contribution in [0.5, 0.6) is 0 Å². The van der Waals surface area contributed by atoms with Gasteiger partial charge < -0.3 is 47.4 Å². The minimum atomic E-state index is -0.773. The van der Waals surface area contributed by atoms with E-state index >= 15 is 0 Å². The van der Waals surface area contributed by atoms with Crippen molar-refractivity contribution in [1.29, 1.82) is 0 Å². The predicted molar refractivity (Wildman–Crippen MR) is 440 cm³/mol. The highest BCUT2D eigenvalue weighted by Crippen LogP contribution is 2.63. The lowest BCUT2D eigenvalue weighted by Gasteiger charge is -2.62. The number of carbonyl (C=O) groups excluding carboxylic acids is 8. The zero-order valence-electron chi connectivity index (χ0n) is 64.4. The van der Waals surface area contributed by atoms with Crippen molar-refractivity contribution in [1.82, 2.24) is 0 Å². The van der Waals surface area contributed by atoms with E-state index in [1.165, 1.54) is 57.8 Å². The second kappa shape index (κ2) is 44.1. The van der Waals surface area contributed by atoms with Crippen LogP contribution in [-0.4, -0.2) is 109 Å². The van der Waals surface area contributed by atoms with Crippen molar-refractivity contribution in [2.24, 2.45) is 92.2 Å². The molecule has 0 aromatic heterocycles. The smallest absolute Gasteiger partial charge is 0.465 e. The van der Waals surface area contributed by atoms with Gasteiger partial charge in [0.2, 0.25) is 0 Å². The van der Waals surface area contributed by atoms with Crippen LogP contribution in [0.4, 0.5) is 9.59 Å². The molecule has 11 aliphatic carbocycles. The Hall–Kier alpha value is -4.64. The topological polar surface area (TPSA) is 229 Å². The van der Waals surface area contributed by atoms with Crippen LogP contribution >= 0.6 is 0 Å². The van der Waals surface area contributed by atoms with Crippen LogP contribution in [-0.2, 0) is 76.1 Å². The largest absolute Gasteiger partial charge is 0.508 e. The molecule has 640 valence electrons. The molecule has 108 heavy (non-hydrogen) atoms. The van der Waals surface area contributed by atoms with Crippen LogP contribution in [0.15, 0.2) is 0 Å². The first-order chi connectivity index (χ1) is 45.7. The quantitative estimate of drug-likeness (QED) is 0.0497. The molecule has 8 atom stereocenters. The van der Waals surface area contributed by atoms with E-state index in [0.29, 0.717) is 66.8 Å². The molecule has 13 aliphatic rings. The van der Waals surface area contributed by atoms with Crippen molar-refractivity contribution in [2.75, 3.05) is 19.8 Å². The summed E-state index contributed by atoms with van der Waals surface area (Å²) >= 11 is 0. The van der Waals surface area contributed by atoms with E-state index in [4.69, 9.17) is 42.6 Å². The summed E-state index contributed by atoms with van der Waals surface area (Å²) in [5.74, 6) is 4.91. The van der Waals surface area contributed by atoms with Crippen molar-refractivity contribution in [3.63, 3.8) is 0 Å². The number of fused-ring (bicyclic) bond motifs is 1. The lowest BCUT2D eigenvalue weighted by molar-refractivity contribution is -0.231. The lowest BCUT2D eigenvalue weighted by Crippen LogP contribution is -2.63. The molecule has 18 nitrogen and oxygen atoms in total. The second-order valence-corrected chi connectivity index (χ2v) is 35.9. The fraction of sp³-hybridized carbons (Fsp3) is 0.911. The van der Waals surface area contributed by atoms with Gasteiger partial charge in [0.25, 0.3) is 0 Å². The SMILES string of the molecule is C.C.C.C.C.C.C.C.C.C.CCC(C)(C)C(=O)OC1(C(C)C)C2CC3CC(C2)CC1C3.CCC(C)(C)C(=O)OC1(C(C)C)CCCC1.CCC(C)(C)C(=O)OC12CC3CC(CC(OC(=O)OCC4COC(=O)O4)(C3)C1)C2.CCC(C)(C)C(=O)OC1C2CC3C(=O)OC1C3C2.CCCCCCOC(=O)C(C)(C)CC. The molecule has 13 rings (SSSR count). The molecule has 0 amide bonds. The highest BCUT2D eigenvalue weighted by molar-refractivity contribution is 5.79. The van der Waals surface area contributed by atoms with E-state index in [1.807, 2.05) is 96.9 Å². The average molecular weight is 1540 g/mol. The van der Waals surface area contributed by atoms with Gasteiger partial charge in [-0.2, -0.15) is 0 Å². The van der Waals surface area contributed by atoms with Crippen molar-refractivity contribution >= 4 is 48.1 Å². The molecule has 0 N–H and O–H groups in total. The number of ether oxygens (including phenoxy) is 10. The monoisotopic (exact) mass is 1540 g/mol. The van der Waals surface area contributed by atoms with Gasteiger partial charge in [-0.15, -0.1) is 0 Å². The summed E-state index contributed by atoms with van der Waals surface area (Å²) in [6.07, 6.45) is 23.8. The van der Waals surface area contributed by atoms with Gasteiger partial charge in [-0.1, -0.05) is 163 Å². The summed E-state index contributed by atoms with van der Waals surface area (Å²) in [4.78, 5) is 96.3. The highest BCUT2D eigenvalue weighted by atomic mass is 16.8. The molecule has 2 heterocycles. The van der Waals surface area contributed by atoms with Crippen molar-refractivity contribution in [3.8, 4) is 0 Å². The minimum absolute atomic E-state index is 0. The third-order valence-electron chi connectivity index (χ3n) is 26.1. The van der Waals surface area contributed by atoms with Gasteiger partial charge in [-0.05, 0) is 258 Å². The van der Waals surface area contributed by atoms with E-state index in [9.17, 15) is 38.4 Å². The molecule has 0 aromatic carbocycles. The number of cyclic esters (lactones) is 2. The average Bonchev–Trinajstić information content (AvgIpc) is 1.04. The van der Waals surface area contributed by atoms with Crippen LogP contribution in [0.2, 0.25) is 0 Å². The number of unbranched alkanes of at least 4 members (excludes halogenated alkanes) is 3. The van der Waals surface area contributed by atoms with Gasteiger partial charge in [-0.3, -0.25) is 28.8 Å². The van der Waals surface area contributed by atoms with E-state index in [-0.39, 0.29) is 169 Å². The van der Waals surface area contributed by atoms with Crippen molar-refractivity contribution in [3.05, 3.63) is 0 Å². The molecule has 2 saturated heterocycles. The summed E-state index contributed by atoms with van der Waals surface area (Å²) in [5.41, 5.74) is -3.55. The Labute approximate surface area is 663 Å². The first-order valence-electron chi connectivity index (χ1n) is 38.7. The lowest BCUT2D eigenvalue weighted by atomic mass is 9.47. The third-order valence-corrected chi connectivity index (χ3v) is 26.1. The number of rotatable bonds is 24. The highest BCUT2D eigenvalue weighted by Gasteiger charge is 2.65. The van der Waals surface area contributed by atoms with E-state index in [2.05, 4.69) is 46.3 Å². The number of carbonyl (C=O) groups is 8. The molecule has 2 aliphatic heterocycles. The van der Waals surface area contributed by atoms with Gasteiger partial charge in [0.05, 0.1) is 39.6 Å². The fourth-order valence-corrected chi connectivity index (χ4v) is 18.0. The van der Waals surface area contributed by atoms with Crippen molar-refractivity contribution < 1.29 is 85.7 Å². The zero-order chi connectivity index (χ0) is 72.8. The Kier molecular flexibility index (Phi) is 44.8. The van der Waals surface area contributed by atoms with Gasteiger partial charge >= 0.3 is 48.1 Å². The standard InChI is InChI=1S/C21H30O8.C19H32O2.C14H20O4.C14H26O2.C12H24O2.10CH4/c1-4-19(2,3)16(22)28-20-6-13-5-14(7-20)9-21(8-13,12-20)29-18(24)26-11-15-10-25-17(23)27-15;1-6-18(4,5)17(20)21-19(12(2)3)15-8-13-7-14(10-15)11-16(19)9-13;1-4-14(2,3)13(16)18-10-7-5-8-9(6-7)12(15)17-11(8)10;1-6-13(4,5)12(15)16-14(11(2)3)9-7-8-10-14;1-5-7-8-9-10-14-11(13)12(3,4)6-2;;;;;;;;;;/h13-15H,4-12H2,1-3H3;12-16H,6-11H2,1-5H3;7-11H,4-6H2,1-3H3;11H,6-10H2,1-5H3;5-10H2,1-4H3;10*1H4. The summed E-state index contributed by atoms with van der Waals surface area (Å²) in [5, 5.41) is 0. The van der Waals surface area contributed by atoms with Crippen LogP contribution in [0.3, 0.4) is 0 Å².